The van der Waals surface area contributed by atoms with Crippen LogP contribution >= 0.6 is 0 Å². The molecule has 1 aliphatic carbocycles. The molecule has 0 saturated heterocycles. The van der Waals surface area contributed by atoms with Crippen molar-refractivity contribution in [3.05, 3.63) is 83.9 Å². The zero-order chi connectivity index (χ0) is 20.0. The van der Waals surface area contributed by atoms with Crippen molar-refractivity contribution >= 4 is 38.0 Å². The first-order valence-electron chi connectivity index (χ1n) is 9.32. The fourth-order valence-electron chi connectivity index (χ4n) is 3.84. The van der Waals surface area contributed by atoms with Gasteiger partial charge in [0.25, 0.3) is 0 Å². The van der Waals surface area contributed by atoms with E-state index in [-0.39, 0.29) is 0 Å². The average Bonchev–Trinajstić information content (AvgIpc) is 3.05. The number of fused-ring (bicyclic) bond motifs is 4. The number of hydrogen-bond donors (Lipinski definition) is 2. The summed E-state index contributed by atoms with van der Waals surface area (Å²) in [6, 6.07) is 23.8. The molecule has 0 radical (unpaired) electrons. The topological polar surface area (TPSA) is 71.1 Å². The van der Waals surface area contributed by atoms with Gasteiger partial charge in [0.1, 0.15) is 0 Å². The van der Waals surface area contributed by atoms with Gasteiger partial charge in [-0.2, -0.15) is 0 Å². The zero-order valence-corrected chi connectivity index (χ0v) is 16.6. The maximum absolute atomic E-state index is 11.4. The monoisotopic (exact) mass is 401 g/mol. The largest absolute Gasteiger partial charge is 0.355 e. The number of para-hydroxylation sites is 1. The average molecular weight is 401 g/mol. The number of rotatable bonds is 4. The Morgan fingerprint density at radius 3 is 2.41 bits per heavy atom. The van der Waals surface area contributed by atoms with Crippen LogP contribution in [0, 0.1) is 0 Å². The summed E-state index contributed by atoms with van der Waals surface area (Å²) < 4.78 is 25.2. The number of nitrogens with one attached hydrogen (secondary N) is 2. The van der Waals surface area contributed by atoms with Gasteiger partial charge < -0.3 is 5.32 Å². The summed E-state index contributed by atoms with van der Waals surface area (Å²) in [5.74, 6) is 0. The Balaban J connectivity index is 1.51. The molecule has 6 heteroatoms. The number of nitrogens with zero attached hydrogens (tertiary/aromatic N) is 1. The fraction of sp³-hybridized carbons (Fsp3) is 0.0870. The number of aromatic nitrogens is 1. The maximum Gasteiger partial charge on any atom is 0.229 e. The molecule has 1 aliphatic rings. The number of pyridine rings is 1. The van der Waals surface area contributed by atoms with Crippen LogP contribution in [-0.4, -0.2) is 19.7 Å². The van der Waals surface area contributed by atoms with E-state index >= 15 is 0 Å². The van der Waals surface area contributed by atoms with Crippen molar-refractivity contribution < 1.29 is 8.42 Å². The van der Waals surface area contributed by atoms with E-state index in [0.29, 0.717) is 5.69 Å². The molecule has 2 N–H and O–H groups in total. The van der Waals surface area contributed by atoms with E-state index in [2.05, 4.69) is 28.2 Å². The van der Waals surface area contributed by atoms with Gasteiger partial charge in [0.2, 0.25) is 10.0 Å². The standard InChI is InChI=1S/C23H19N3O2S/c1-29(27,28)26-19-11-9-18(10-12-19)24-21-8-4-6-16-14-17-13-15-5-2-3-7-20(15)25-23(17)22(16)21/h2-13,24,26H,14H2,1H3. The third kappa shape index (κ3) is 3.43. The Labute approximate surface area is 169 Å². The molecule has 0 atom stereocenters. The predicted molar refractivity (Wildman–Crippen MR) is 118 cm³/mol. The molecule has 144 valence electrons. The number of hydrogen-bond acceptors (Lipinski definition) is 4. The van der Waals surface area contributed by atoms with Crippen LogP contribution in [-0.2, 0) is 16.4 Å². The lowest BCUT2D eigenvalue weighted by Crippen LogP contribution is -2.09. The number of sulfonamides is 1. The molecule has 0 fully saturated rings. The summed E-state index contributed by atoms with van der Waals surface area (Å²) in [6.07, 6.45) is 2.01. The first-order chi connectivity index (χ1) is 14.0. The van der Waals surface area contributed by atoms with E-state index in [1.807, 2.05) is 42.5 Å². The van der Waals surface area contributed by atoms with Gasteiger partial charge in [-0.1, -0.05) is 30.3 Å². The molecule has 4 aromatic rings. The van der Waals surface area contributed by atoms with Gasteiger partial charge in [-0.05, 0) is 53.6 Å². The van der Waals surface area contributed by atoms with E-state index in [1.165, 1.54) is 11.1 Å². The highest BCUT2D eigenvalue weighted by Gasteiger charge is 2.23. The van der Waals surface area contributed by atoms with Crippen LogP contribution in [0.25, 0.3) is 22.2 Å². The van der Waals surface area contributed by atoms with E-state index in [9.17, 15) is 8.42 Å². The first kappa shape index (κ1) is 17.7. The second kappa shape index (κ2) is 6.60. The molecule has 0 aliphatic heterocycles. The van der Waals surface area contributed by atoms with E-state index in [0.717, 1.165) is 46.2 Å². The van der Waals surface area contributed by atoms with E-state index < -0.39 is 10.0 Å². The molecule has 0 saturated carbocycles. The van der Waals surface area contributed by atoms with Crippen molar-refractivity contribution in [1.29, 1.82) is 0 Å². The van der Waals surface area contributed by atoms with Crippen molar-refractivity contribution in [3.63, 3.8) is 0 Å². The summed E-state index contributed by atoms with van der Waals surface area (Å²) in [7, 11) is -3.29. The molecule has 5 rings (SSSR count). The number of benzene rings is 3. The summed E-state index contributed by atoms with van der Waals surface area (Å²) >= 11 is 0. The Bertz CT molecular complexity index is 1350. The summed E-state index contributed by atoms with van der Waals surface area (Å²) in [4.78, 5) is 4.94. The normalized spacial score (nSPS) is 12.4. The lowest BCUT2D eigenvalue weighted by atomic mass is 10.1. The van der Waals surface area contributed by atoms with Crippen LogP contribution in [0.1, 0.15) is 11.1 Å². The highest BCUT2D eigenvalue weighted by atomic mass is 32.2. The minimum Gasteiger partial charge on any atom is -0.355 e. The van der Waals surface area contributed by atoms with Crippen molar-refractivity contribution in [2.45, 2.75) is 6.42 Å². The Morgan fingerprint density at radius 1 is 0.862 bits per heavy atom. The Kier molecular flexibility index (Phi) is 4.03. The molecule has 0 bridgehead atoms. The summed E-state index contributed by atoms with van der Waals surface area (Å²) in [5.41, 5.74) is 8.05. The van der Waals surface area contributed by atoms with Crippen molar-refractivity contribution in [1.82, 2.24) is 4.98 Å². The molecule has 0 amide bonds. The second-order valence-electron chi connectivity index (χ2n) is 7.28. The third-order valence-electron chi connectivity index (χ3n) is 5.04. The second-order valence-corrected chi connectivity index (χ2v) is 9.03. The lowest BCUT2D eigenvalue weighted by Gasteiger charge is -2.13. The SMILES string of the molecule is CS(=O)(=O)Nc1ccc(Nc2cccc3c2-c2nc4ccccc4cc2C3)cc1. The quantitative estimate of drug-likeness (QED) is 0.448. The third-order valence-corrected chi connectivity index (χ3v) is 5.65. The fourth-order valence-corrected chi connectivity index (χ4v) is 4.40. The molecular formula is C23H19N3O2S. The molecule has 29 heavy (non-hydrogen) atoms. The van der Waals surface area contributed by atoms with Gasteiger partial charge in [-0.3, -0.25) is 4.72 Å². The van der Waals surface area contributed by atoms with E-state index in [4.69, 9.17) is 4.98 Å². The molecule has 3 aromatic carbocycles. The van der Waals surface area contributed by atoms with Gasteiger partial charge in [0, 0.05) is 34.4 Å². The smallest absolute Gasteiger partial charge is 0.229 e. The molecule has 1 heterocycles. The molecule has 0 spiro atoms. The van der Waals surface area contributed by atoms with Gasteiger partial charge in [-0.15, -0.1) is 0 Å². The lowest BCUT2D eigenvalue weighted by molar-refractivity contribution is 0.607. The van der Waals surface area contributed by atoms with Crippen LogP contribution in [0.3, 0.4) is 0 Å². The van der Waals surface area contributed by atoms with Crippen LogP contribution in [0.5, 0.6) is 0 Å². The maximum atomic E-state index is 11.4. The van der Waals surface area contributed by atoms with Crippen LogP contribution in [0.15, 0.2) is 72.8 Å². The molecule has 1 aromatic heterocycles. The number of anilines is 3. The van der Waals surface area contributed by atoms with E-state index in [1.54, 1.807) is 12.1 Å². The Hall–Kier alpha value is -3.38. The predicted octanol–water partition coefficient (Wildman–Crippen LogP) is 4.92. The highest BCUT2D eigenvalue weighted by molar-refractivity contribution is 7.92. The van der Waals surface area contributed by atoms with Crippen LogP contribution in [0.2, 0.25) is 0 Å². The zero-order valence-electron chi connectivity index (χ0n) is 15.8. The van der Waals surface area contributed by atoms with Crippen molar-refractivity contribution in [2.24, 2.45) is 0 Å². The van der Waals surface area contributed by atoms with Crippen LogP contribution in [0.4, 0.5) is 17.1 Å². The van der Waals surface area contributed by atoms with Crippen molar-refractivity contribution in [2.75, 3.05) is 16.3 Å². The molecule has 5 nitrogen and oxygen atoms in total. The highest BCUT2D eigenvalue weighted by Crippen LogP contribution is 2.42. The molecular weight excluding hydrogens is 382 g/mol. The minimum atomic E-state index is -3.29. The summed E-state index contributed by atoms with van der Waals surface area (Å²) in [5, 5.41) is 4.62. The first-order valence-corrected chi connectivity index (χ1v) is 11.2. The van der Waals surface area contributed by atoms with Crippen LogP contribution < -0.4 is 10.0 Å². The van der Waals surface area contributed by atoms with Gasteiger partial charge in [-0.25, -0.2) is 13.4 Å². The van der Waals surface area contributed by atoms with Crippen molar-refractivity contribution in [3.8, 4) is 11.3 Å². The Morgan fingerprint density at radius 2 is 1.62 bits per heavy atom. The molecule has 0 unspecified atom stereocenters. The summed E-state index contributed by atoms with van der Waals surface area (Å²) in [6.45, 7) is 0. The van der Waals surface area contributed by atoms with Gasteiger partial charge in [0.05, 0.1) is 17.5 Å². The minimum absolute atomic E-state index is 0.537. The van der Waals surface area contributed by atoms with Gasteiger partial charge in [0.15, 0.2) is 0 Å². The van der Waals surface area contributed by atoms with Gasteiger partial charge >= 0.3 is 0 Å².